The van der Waals surface area contributed by atoms with Crippen LogP contribution in [0.4, 0.5) is 5.82 Å². The zero-order valence-corrected chi connectivity index (χ0v) is 24.7. The molecule has 0 spiro atoms. The van der Waals surface area contributed by atoms with Crippen molar-refractivity contribution in [3.8, 4) is 0 Å². The molecule has 1 atom stereocenters. The van der Waals surface area contributed by atoms with Gasteiger partial charge in [0.05, 0.1) is 6.04 Å². The van der Waals surface area contributed by atoms with Gasteiger partial charge >= 0.3 is 0 Å². The van der Waals surface area contributed by atoms with E-state index < -0.39 is 0 Å². The van der Waals surface area contributed by atoms with Gasteiger partial charge in [0.25, 0.3) is 0 Å². The summed E-state index contributed by atoms with van der Waals surface area (Å²) in [4.78, 5) is 18.5. The predicted molar refractivity (Wildman–Crippen MR) is 159 cm³/mol. The van der Waals surface area contributed by atoms with E-state index in [0.29, 0.717) is 0 Å². The van der Waals surface area contributed by atoms with E-state index >= 15 is 0 Å². The fraction of sp³-hybridized carbons (Fsp3) is 0.414. The molecule has 0 saturated carbocycles. The Bertz CT molecular complexity index is 1350. The molecule has 0 bridgehead atoms. The summed E-state index contributed by atoms with van der Waals surface area (Å²) in [5.74, 6) is 1.67. The second-order valence-electron chi connectivity index (χ2n) is 10.1. The van der Waals surface area contributed by atoms with Crippen LogP contribution in [0.15, 0.2) is 48.5 Å². The van der Waals surface area contributed by atoms with Crippen molar-refractivity contribution in [2.45, 2.75) is 38.8 Å². The Morgan fingerprint density at radius 1 is 0.846 bits per heavy atom. The number of aromatic nitrogens is 4. The van der Waals surface area contributed by atoms with Crippen molar-refractivity contribution in [2.75, 3.05) is 37.7 Å². The molecule has 7 nitrogen and oxygen atoms in total. The number of anilines is 1. The standard InChI is InChI=1S/C25H25Cl3N6.C4H8O/c1-15-14-33(22(17-4-8-19(26)9-5-17)18-6-10-20(27)11-7-18)12-13-34(15)24-21-23(30-25(28)31-24)32(3)16(2)29-21;1-2-4-5-3-1/h4-11,15,22H,12-14H2,1-3H3;1-4H2. The van der Waals surface area contributed by atoms with Crippen LogP contribution in [0.3, 0.4) is 0 Å². The molecule has 0 radical (unpaired) electrons. The molecule has 4 heterocycles. The summed E-state index contributed by atoms with van der Waals surface area (Å²) in [7, 11) is 1.95. The van der Waals surface area contributed by atoms with Crippen molar-refractivity contribution in [3.05, 3.63) is 80.8 Å². The van der Waals surface area contributed by atoms with Gasteiger partial charge in [-0.25, -0.2) is 4.98 Å². The minimum absolute atomic E-state index is 0.0882. The number of benzene rings is 2. The molecule has 0 aliphatic carbocycles. The first-order valence-electron chi connectivity index (χ1n) is 13.3. The molecule has 10 heteroatoms. The Morgan fingerprint density at radius 3 is 1.95 bits per heavy atom. The first kappa shape index (κ1) is 28.1. The first-order chi connectivity index (χ1) is 18.8. The van der Waals surface area contributed by atoms with Crippen molar-refractivity contribution in [3.63, 3.8) is 0 Å². The van der Waals surface area contributed by atoms with Crippen molar-refractivity contribution >= 4 is 51.8 Å². The lowest BCUT2D eigenvalue weighted by Gasteiger charge is -2.44. The van der Waals surface area contributed by atoms with Crippen LogP contribution in [0, 0.1) is 6.92 Å². The van der Waals surface area contributed by atoms with E-state index in [4.69, 9.17) is 44.5 Å². The average Bonchev–Trinajstić information content (AvgIpc) is 3.60. The fourth-order valence-electron chi connectivity index (χ4n) is 5.28. The summed E-state index contributed by atoms with van der Waals surface area (Å²) in [5.41, 5.74) is 3.93. The van der Waals surface area contributed by atoms with E-state index in [2.05, 4.69) is 51.0 Å². The molecule has 2 aliphatic rings. The van der Waals surface area contributed by atoms with E-state index in [0.717, 1.165) is 65.7 Å². The molecule has 2 aliphatic heterocycles. The van der Waals surface area contributed by atoms with Gasteiger partial charge in [0.1, 0.15) is 5.82 Å². The fourth-order valence-corrected chi connectivity index (χ4v) is 5.69. The van der Waals surface area contributed by atoms with Gasteiger partial charge in [0.2, 0.25) is 5.28 Å². The van der Waals surface area contributed by atoms with E-state index in [-0.39, 0.29) is 17.4 Å². The molecular weight excluding hydrogens is 555 g/mol. The Hall–Kier alpha value is -2.42. The van der Waals surface area contributed by atoms with E-state index in [1.807, 2.05) is 42.8 Å². The highest BCUT2D eigenvalue weighted by atomic mass is 35.5. The molecule has 0 amide bonds. The SMILES string of the molecule is C1CCOC1.Cc1nc2c(N3CCN(C(c4ccc(Cl)cc4)c4ccc(Cl)cc4)CC3C)nc(Cl)nc2n1C. The van der Waals surface area contributed by atoms with Gasteiger partial charge in [-0.3, -0.25) is 4.90 Å². The average molecular weight is 588 g/mol. The number of piperazine rings is 1. The maximum atomic E-state index is 6.31. The lowest BCUT2D eigenvalue weighted by atomic mass is 9.95. The minimum atomic E-state index is 0.0882. The van der Waals surface area contributed by atoms with Crippen LogP contribution in [-0.4, -0.2) is 63.3 Å². The third-order valence-corrected chi connectivity index (χ3v) is 8.06. The number of nitrogens with zero attached hydrogens (tertiary/aromatic N) is 6. The van der Waals surface area contributed by atoms with Crippen LogP contribution >= 0.6 is 34.8 Å². The Morgan fingerprint density at radius 2 is 1.44 bits per heavy atom. The lowest BCUT2D eigenvalue weighted by molar-refractivity contribution is 0.187. The topological polar surface area (TPSA) is 59.3 Å². The highest BCUT2D eigenvalue weighted by Crippen LogP contribution is 2.34. The zero-order valence-electron chi connectivity index (χ0n) is 22.4. The molecule has 206 valence electrons. The van der Waals surface area contributed by atoms with Gasteiger partial charge in [0.15, 0.2) is 17.0 Å². The van der Waals surface area contributed by atoms with Gasteiger partial charge < -0.3 is 14.2 Å². The summed E-state index contributed by atoms with van der Waals surface area (Å²) < 4.78 is 6.89. The third kappa shape index (κ3) is 6.34. The van der Waals surface area contributed by atoms with E-state index in [1.54, 1.807) is 0 Å². The number of imidazole rings is 1. The van der Waals surface area contributed by atoms with Crippen molar-refractivity contribution < 1.29 is 4.74 Å². The number of ether oxygens (including phenoxy) is 1. The second-order valence-corrected chi connectivity index (χ2v) is 11.3. The smallest absolute Gasteiger partial charge is 0.226 e. The van der Waals surface area contributed by atoms with Gasteiger partial charge in [-0.1, -0.05) is 47.5 Å². The van der Waals surface area contributed by atoms with Crippen LogP contribution in [0.2, 0.25) is 15.3 Å². The summed E-state index contributed by atoms with van der Waals surface area (Å²) in [6.45, 7) is 8.64. The highest BCUT2D eigenvalue weighted by molar-refractivity contribution is 6.30. The normalized spacial score (nSPS) is 18.0. The molecule has 39 heavy (non-hydrogen) atoms. The Labute approximate surface area is 244 Å². The van der Waals surface area contributed by atoms with Crippen molar-refractivity contribution in [1.29, 1.82) is 0 Å². The predicted octanol–water partition coefficient (Wildman–Crippen LogP) is 6.73. The molecule has 0 N–H and O–H groups in total. The molecule has 1 unspecified atom stereocenters. The monoisotopic (exact) mass is 586 g/mol. The number of hydrogen-bond acceptors (Lipinski definition) is 6. The van der Waals surface area contributed by atoms with Gasteiger partial charge in [-0.2, -0.15) is 9.97 Å². The number of rotatable bonds is 4. The van der Waals surface area contributed by atoms with Crippen LogP contribution < -0.4 is 4.90 Å². The van der Waals surface area contributed by atoms with Crippen molar-refractivity contribution in [1.82, 2.24) is 24.4 Å². The van der Waals surface area contributed by atoms with Crippen molar-refractivity contribution in [2.24, 2.45) is 7.05 Å². The van der Waals surface area contributed by atoms with Gasteiger partial charge in [0, 0.05) is 56.0 Å². The van der Waals surface area contributed by atoms with E-state index in [1.165, 1.54) is 24.0 Å². The summed E-state index contributed by atoms with van der Waals surface area (Å²) >= 11 is 18.7. The molecule has 2 saturated heterocycles. The quantitative estimate of drug-likeness (QED) is 0.247. The zero-order chi connectivity index (χ0) is 27.5. The molecule has 2 aromatic carbocycles. The van der Waals surface area contributed by atoms with Crippen LogP contribution in [-0.2, 0) is 11.8 Å². The molecule has 2 fully saturated rings. The first-order valence-corrected chi connectivity index (χ1v) is 14.4. The number of halogens is 3. The van der Waals surface area contributed by atoms with Gasteiger partial charge in [-0.05, 0) is 73.7 Å². The second kappa shape index (κ2) is 12.4. The Kier molecular flexibility index (Phi) is 8.94. The third-order valence-electron chi connectivity index (χ3n) is 7.39. The summed E-state index contributed by atoms with van der Waals surface area (Å²) in [6, 6.07) is 16.5. The number of hydrogen-bond donors (Lipinski definition) is 0. The maximum absolute atomic E-state index is 6.31. The van der Waals surface area contributed by atoms with Gasteiger partial charge in [-0.15, -0.1) is 0 Å². The number of fused-ring (bicyclic) bond motifs is 1. The molecular formula is C29H33Cl3N6O. The number of aryl methyl sites for hydroxylation is 2. The van der Waals surface area contributed by atoms with Crippen LogP contribution in [0.1, 0.15) is 42.8 Å². The molecule has 4 aromatic rings. The summed E-state index contributed by atoms with van der Waals surface area (Å²) in [5, 5.41) is 1.69. The highest BCUT2D eigenvalue weighted by Gasteiger charge is 2.32. The minimum Gasteiger partial charge on any atom is -0.381 e. The van der Waals surface area contributed by atoms with E-state index in [9.17, 15) is 0 Å². The maximum Gasteiger partial charge on any atom is 0.226 e. The van der Waals surface area contributed by atoms with Crippen LogP contribution in [0.5, 0.6) is 0 Å². The molecule has 2 aromatic heterocycles. The lowest BCUT2D eigenvalue weighted by Crippen LogP contribution is -2.53. The largest absolute Gasteiger partial charge is 0.381 e. The van der Waals surface area contributed by atoms with Crippen LogP contribution in [0.25, 0.3) is 11.2 Å². The Balaban J connectivity index is 0.000000555. The summed E-state index contributed by atoms with van der Waals surface area (Å²) in [6.07, 6.45) is 2.56. The molecule has 6 rings (SSSR count).